The molecule has 0 saturated heterocycles. The number of nitrogens with one attached hydrogen (secondary N) is 3. The highest BCUT2D eigenvalue weighted by atomic mass is 16.2. The number of hydrogen-bond donors (Lipinski definition) is 3. The number of rotatable bonds is 7. The Morgan fingerprint density at radius 1 is 0.857 bits per heavy atom. The van der Waals surface area contributed by atoms with Crippen LogP contribution in [0.5, 0.6) is 0 Å². The summed E-state index contributed by atoms with van der Waals surface area (Å²) in [5, 5.41) is 7.51. The van der Waals surface area contributed by atoms with Gasteiger partial charge >= 0.3 is 0 Å². The predicted octanol–water partition coefficient (Wildman–Crippen LogP) is -2.32. The molecule has 0 fully saturated rings. The fraction of sp³-hybridized carbons (Fsp3) is 0.625. The number of Topliss-reactive ketones (excluding diaryl/α,β-unsaturated/α-hetero) is 2. The summed E-state index contributed by atoms with van der Waals surface area (Å²) >= 11 is 0. The van der Waals surface area contributed by atoms with Gasteiger partial charge in [0.05, 0.1) is 19.6 Å². The second kappa shape index (κ2) is 7.16. The maximum atomic E-state index is 11.0. The fourth-order valence-electron chi connectivity index (χ4n) is 0.760. The lowest BCUT2D eigenvalue weighted by Crippen LogP contribution is -2.39. The molecule has 0 aliphatic heterocycles. The highest BCUT2D eigenvalue weighted by Crippen LogP contribution is 1.74. The number of carbonyl (C=O) groups excluding carboxylic acids is 3. The van der Waals surface area contributed by atoms with Gasteiger partial charge in [-0.05, 0) is 14.1 Å². The Balaban J connectivity index is 3.73. The van der Waals surface area contributed by atoms with Gasteiger partial charge in [0, 0.05) is 0 Å². The van der Waals surface area contributed by atoms with Gasteiger partial charge < -0.3 is 16.0 Å². The summed E-state index contributed by atoms with van der Waals surface area (Å²) in [7, 11) is 3.19. The molecule has 80 valence electrons. The molecular formula is C8H15N3O3. The molecule has 0 rings (SSSR count). The summed E-state index contributed by atoms with van der Waals surface area (Å²) in [4.78, 5) is 32.8. The third-order valence-corrected chi connectivity index (χ3v) is 1.43. The molecule has 0 aromatic heterocycles. The first-order chi connectivity index (χ1) is 6.61. The maximum absolute atomic E-state index is 11.0. The van der Waals surface area contributed by atoms with Crippen molar-refractivity contribution in [3.05, 3.63) is 0 Å². The first kappa shape index (κ1) is 12.7. The van der Waals surface area contributed by atoms with Gasteiger partial charge in [-0.25, -0.2) is 0 Å². The third-order valence-electron chi connectivity index (χ3n) is 1.43. The minimum Gasteiger partial charge on any atom is -0.347 e. The molecule has 0 atom stereocenters. The highest BCUT2D eigenvalue weighted by molar-refractivity contribution is 6.39. The van der Waals surface area contributed by atoms with Crippen LogP contribution >= 0.6 is 0 Å². The second-order valence-corrected chi connectivity index (χ2v) is 2.68. The minimum absolute atomic E-state index is 0.000726. The predicted molar refractivity (Wildman–Crippen MR) is 50.9 cm³/mol. The Bertz CT molecular complexity index is 228. The summed E-state index contributed by atoms with van der Waals surface area (Å²) in [6, 6.07) is 0. The van der Waals surface area contributed by atoms with E-state index in [1.54, 1.807) is 14.1 Å². The van der Waals surface area contributed by atoms with Crippen molar-refractivity contribution in [1.29, 1.82) is 0 Å². The van der Waals surface area contributed by atoms with Crippen LogP contribution in [-0.4, -0.2) is 51.2 Å². The summed E-state index contributed by atoms with van der Waals surface area (Å²) in [6.45, 7) is -0.102. The van der Waals surface area contributed by atoms with Gasteiger partial charge in [0.25, 0.3) is 0 Å². The van der Waals surface area contributed by atoms with E-state index in [1.807, 2.05) is 0 Å². The van der Waals surface area contributed by atoms with E-state index >= 15 is 0 Å². The van der Waals surface area contributed by atoms with Crippen LogP contribution in [0.15, 0.2) is 0 Å². The molecule has 0 aliphatic rings. The van der Waals surface area contributed by atoms with Gasteiger partial charge in [-0.3, -0.25) is 14.4 Å². The van der Waals surface area contributed by atoms with Crippen molar-refractivity contribution < 1.29 is 14.4 Å². The van der Waals surface area contributed by atoms with Gasteiger partial charge in [-0.15, -0.1) is 0 Å². The van der Waals surface area contributed by atoms with Crippen LogP contribution in [0.1, 0.15) is 0 Å². The van der Waals surface area contributed by atoms with Crippen LogP contribution in [0.25, 0.3) is 0 Å². The Kier molecular flexibility index (Phi) is 6.51. The zero-order valence-corrected chi connectivity index (χ0v) is 8.35. The number of carbonyl (C=O) groups is 3. The van der Waals surface area contributed by atoms with Crippen molar-refractivity contribution in [2.24, 2.45) is 0 Å². The van der Waals surface area contributed by atoms with Crippen LogP contribution in [0, 0.1) is 0 Å². The molecular weight excluding hydrogens is 186 g/mol. The summed E-state index contributed by atoms with van der Waals surface area (Å²) in [6.07, 6.45) is 0. The molecule has 6 heteroatoms. The molecule has 0 spiro atoms. The van der Waals surface area contributed by atoms with E-state index in [4.69, 9.17) is 0 Å². The molecule has 0 aromatic rings. The molecule has 0 aliphatic carbocycles. The van der Waals surface area contributed by atoms with Gasteiger partial charge in [0.15, 0.2) is 0 Å². The normalized spacial score (nSPS) is 9.57. The highest BCUT2D eigenvalue weighted by Gasteiger charge is 2.12. The number of ketones is 2. The molecule has 3 N–H and O–H groups in total. The first-order valence-corrected chi connectivity index (χ1v) is 4.23. The quantitative estimate of drug-likeness (QED) is 0.402. The molecule has 6 nitrogen and oxygen atoms in total. The molecule has 0 aromatic carbocycles. The topological polar surface area (TPSA) is 87.3 Å². The van der Waals surface area contributed by atoms with Crippen molar-refractivity contribution in [1.82, 2.24) is 16.0 Å². The molecule has 14 heavy (non-hydrogen) atoms. The first-order valence-electron chi connectivity index (χ1n) is 4.23. The van der Waals surface area contributed by atoms with Gasteiger partial charge in [-0.2, -0.15) is 0 Å². The van der Waals surface area contributed by atoms with E-state index in [1.165, 1.54) is 0 Å². The molecule has 0 radical (unpaired) electrons. The van der Waals surface area contributed by atoms with E-state index < -0.39 is 11.6 Å². The SMILES string of the molecule is CNCC(=O)NCC(=O)C(=O)CNC. The second-order valence-electron chi connectivity index (χ2n) is 2.68. The van der Waals surface area contributed by atoms with Crippen LogP contribution in [0.3, 0.4) is 0 Å². The van der Waals surface area contributed by atoms with E-state index in [0.717, 1.165) is 0 Å². The summed E-state index contributed by atoms with van der Waals surface area (Å²) < 4.78 is 0. The van der Waals surface area contributed by atoms with Crippen LogP contribution in [0.2, 0.25) is 0 Å². The van der Waals surface area contributed by atoms with Crippen molar-refractivity contribution >= 4 is 17.5 Å². The zero-order valence-electron chi connectivity index (χ0n) is 8.35. The Labute approximate surface area is 82.4 Å². The number of amides is 1. The summed E-state index contributed by atoms with van der Waals surface area (Å²) in [5.74, 6) is -1.43. The van der Waals surface area contributed by atoms with Crippen molar-refractivity contribution in [2.75, 3.05) is 33.7 Å². The summed E-state index contributed by atoms with van der Waals surface area (Å²) in [5.41, 5.74) is 0. The van der Waals surface area contributed by atoms with Crippen molar-refractivity contribution in [3.8, 4) is 0 Å². The van der Waals surface area contributed by atoms with Gasteiger partial charge in [-0.1, -0.05) is 0 Å². The molecule has 0 unspecified atom stereocenters. The smallest absolute Gasteiger partial charge is 0.234 e. The Hall–Kier alpha value is -1.27. The van der Waals surface area contributed by atoms with E-state index in [-0.39, 0.29) is 25.5 Å². The lowest BCUT2D eigenvalue weighted by molar-refractivity contribution is -0.136. The largest absolute Gasteiger partial charge is 0.347 e. The Morgan fingerprint density at radius 2 is 1.36 bits per heavy atom. The monoisotopic (exact) mass is 201 g/mol. The molecule has 0 heterocycles. The van der Waals surface area contributed by atoms with Gasteiger partial charge in [0.1, 0.15) is 0 Å². The average Bonchev–Trinajstić information content (AvgIpc) is 2.15. The van der Waals surface area contributed by atoms with Crippen molar-refractivity contribution in [2.45, 2.75) is 0 Å². The van der Waals surface area contributed by atoms with Crippen molar-refractivity contribution in [3.63, 3.8) is 0 Å². The maximum Gasteiger partial charge on any atom is 0.234 e. The van der Waals surface area contributed by atoms with E-state index in [2.05, 4.69) is 16.0 Å². The van der Waals surface area contributed by atoms with Crippen LogP contribution in [-0.2, 0) is 14.4 Å². The van der Waals surface area contributed by atoms with E-state index in [0.29, 0.717) is 0 Å². The average molecular weight is 201 g/mol. The standard InChI is InChI=1S/C8H15N3O3/c1-9-3-6(12)7(13)4-11-8(14)5-10-2/h9-10H,3-5H2,1-2H3,(H,11,14). The number of hydrogen-bond acceptors (Lipinski definition) is 5. The zero-order chi connectivity index (χ0) is 11.0. The fourth-order valence-corrected chi connectivity index (χ4v) is 0.760. The van der Waals surface area contributed by atoms with Crippen LogP contribution < -0.4 is 16.0 Å². The minimum atomic E-state index is -0.594. The Morgan fingerprint density at radius 3 is 1.86 bits per heavy atom. The molecule has 0 bridgehead atoms. The third kappa shape index (κ3) is 5.39. The molecule has 0 saturated carbocycles. The lowest BCUT2D eigenvalue weighted by atomic mass is 10.2. The lowest BCUT2D eigenvalue weighted by Gasteiger charge is -2.02. The van der Waals surface area contributed by atoms with Crippen LogP contribution in [0.4, 0.5) is 0 Å². The van der Waals surface area contributed by atoms with E-state index in [9.17, 15) is 14.4 Å². The molecule has 1 amide bonds. The number of likely N-dealkylation sites (N-methyl/N-ethyl adjacent to an activating group) is 2. The van der Waals surface area contributed by atoms with Gasteiger partial charge in [0.2, 0.25) is 17.5 Å².